The van der Waals surface area contributed by atoms with Gasteiger partial charge in [-0.25, -0.2) is 22.0 Å². The number of carbonyl (C=O) groups excluding carboxylic acids is 1. The number of amides is 2. The summed E-state index contributed by atoms with van der Waals surface area (Å²) >= 11 is 0. The first-order valence-corrected chi connectivity index (χ1v) is 15.8. The molecule has 234 valence electrons. The highest BCUT2D eigenvalue weighted by molar-refractivity contribution is 7.90. The van der Waals surface area contributed by atoms with Gasteiger partial charge in [0.2, 0.25) is 0 Å². The first-order chi connectivity index (χ1) is 21.3. The van der Waals surface area contributed by atoms with Crippen molar-refractivity contribution in [3.05, 3.63) is 101 Å². The van der Waals surface area contributed by atoms with Crippen molar-refractivity contribution in [1.29, 1.82) is 0 Å². The number of urea groups is 1. The minimum atomic E-state index is -3.84. The number of anilines is 2. The van der Waals surface area contributed by atoms with Gasteiger partial charge in [0.05, 0.1) is 17.9 Å². The molecule has 0 saturated heterocycles. The zero-order valence-corrected chi connectivity index (χ0v) is 25.4. The van der Waals surface area contributed by atoms with Crippen LogP contribution in [0.2, 0.25) is 0 Å². The standard InChI is InChI=1S/C33H30F2N2O7S/c1-18-9-23(36-33(40)37-32-27(34)14-25(15-28(32)35)45(3,41)42)10-19(2)31(18)21-6-4-5-20(11-21)16-43-24-7-8-26-22(12-30(38)39)17-44-29(26)13-24/h4-11,13-15,22H,12,16-17H2,1-3H3,(H,38,39)(H2,36,37,40). The molecule has 1 aliphatic rings. The number of carboxylic acid groups (broad SMARTS) is 1. The molecule has 45 heavy (non-hydrogen) atoms. The number of rotatable bonds is 9. The summed E-state index contributed by atoms with van der Waals surface area (Å²) in [5, 5.41) is 13.8. The second-order valence-corrected chi connectivity index (χ2v) is 12.9. The normalized spacial score (nSPS) is 13.9. The van der Waals surface area contributed by atoms with E-state index < -0.39 is 44.1 Å². The van der Waals surface area contributed by atoms with E-state index in [0.29, 0.717) is 35.9 Å². The number of carboxylic acids is 1. The first-order valence-electron chi connectivity index (χ1n) is 13.9. The van der Waals surface area contributed by atoms with Gasteiger partial charge in [-0.2, -0.15) is 0 Å². The number of ether oxygens (including phenoxy) is 2. The molecule has 4 aromatic rings. The lowest BCUT2D eigenvalue weighted by molar-refractivity contribution is -0.137. The Bertz CT molecular complexity index is 1880. The molecule has 1 unspecified atom stereocenters. The average Bonchev–Trinajstić information content (AvgIpc) is 3.34. The van der Waals surface area contributed by atoms with E-state index in [-0.39, 0.29) is 18.9 Å². The molecule has 0 bridgehead atoms. The van der Waals surface area contributed by atoms with Gasteiger partial charge in [0.1, 0.15) is 23.8 Å². The number of hydrogen-bond donors (Lipinski definition) is 3. The Morgan fingerprint density at radius 1 is 0.978 bits per heavy atom. The number of halogens is 2. The van der Waals surface area contributed by atoms with E-state index in [1.165, 1.54) is 0 Å². The highest BCUT2D eigenvalue weighted by Gasteiger charge is 2.26. The molecule has 2 amide bonds. The fraction of sp³-hybridized carbons (Fsp3) is 0.212. The van der Waals surface area contributed by atoms with Crippen molar-refractivity contribution in [3.8, 4) is 22.6 Å². The Morgan fingerprint density at radius 3 is 2.31 bits per heavy atom. The fourth-order valence-electron chi connectivity index (χ4n) is 5.36. The largest absolute Gasteiger partial charge is 0.492 e. The van der Waals surface area contributed by atoms with Crippen molar-refractivity contribution < 1.29 is 41.4 Å². The molecule has 4 aromatic carbocycles. The predicted octanol–water partition coefficient (Wildman–Crippen LogP) is 6.83. The van der Waals surface area contributed by atoms with Gasteiger partial charge in [-0.05, 0) is 78.1 Å². The predicted molar refractivity (Wildman–Crippen MR) is 165 cm³/mol. The van der Waals surface area contributed by atoms with Gasteiger partial charge in [0.15, 0.2) is 21.5 Å². The van der Waals surface area contributed by atoms with E-state index in [9.17, 15) is 26.8 Å². The van der Waals surface area contributed by atoms with Crippen molar-refractivity contribution in [2.24, 2.45) is 0 Å². The summed E-state index contributed by atoms with van der Waals surface area (Å²) in [6, 6.07) is 17.1. The summed E-state index contributed by atoms with van der Waals surface area (Å²) < 4.78 is 63.8. The van der Waals surface area contributed by atoms with Gasteiger partial charge in [-0.15, -0.1) is 0 Å². The summed E-state index contributed by atoms with van der Waals surface area (Å²) in [7, 11) is -3.84. The van der Waals surface area contributed by atoms with Crippen molar-refractivity contribution in [2.45, 2.75) is 37.7 Å². The SMILES string of the molecule is Cc1cc(NC(=O)Nc2c(F)cc(S(C)(=O)=O)cc2F)cc(C)c1-c1cccc(COc2ccc3c(c2)OCC3CC(=O)O)c1. The lowest BCUT2D eigenvalue weighted by Crippen LogP contribution is -2.21. The molecule has 9 nitrogen and oxygen atoms in total. The maximum Gasteiger partial charge on any atom is 0.323 e. The Hall–Kier alpha value is -4.97. The third-order valence-electron chi connectivity index (χ3n) is 7.38. The summed E-state index contributed by atoms with van der Waals surface area (Å²) in [4.78, 5) is 23.1. The van der Waals surface area contributed by atoms with Crippen LogP contribution in [0.5, 0.6) is 11.5 Å². The average molecular weight is 637 g/mol. The molecule has 0 saturated carbocycles. The Balaban J connectivity index is 1.26. The van der Waals surface area contributed by atoms with Gasteiger partial charge < -0.3 is 25.2 Å². The summed E-state index contributed by atoms with van der Waals surface area (Å²) in [6.45, 7) is 4.35. The van der Waals surface area contributed by atoms with Gasteiger partial charge in [-0.1, -0.05) is 24.3 Å². The zero-order valence-electron chi connectivity index (χ0n) is 24.6. The van der Waals surface area contributed by atoms with Crippen LogP contribution in [0.4, 0.5) is 25.0 Å². The first kappa shape index (κ1) is 31.5. The van der Waals surface area contributed by atoms with E-state index in [4.69, 9.17) is 14.6 Å². The summed E-state index contributed by atoms with van der Waals surface area (Å²) in [5.41, 5.74) is 4.93. The second-order valence-electron chi connectivity index (χ2n) is 10.9. The van der Waals surface area contributed by atoms with E-state index in [1.807, 2.05) is 44.2 Å². The van der Waals surface area contributed by atoms with Crippen molar-refractivity contribution in [1.82, 2.24) is 0 Å². The van der Waals surface area contributed by atoms with E-state index in [2.05, 4.69) is 10.6 Å². The van der Waals surface area contributed by atoms with Gasteiger partial charge in [0, 0.05) is 29.5 Å². The van der Waals surface area contributed by atoms with Crippen LogP contribution < -0.4 is 20.1 Å². The zero-order chi connectivity index (χ0) is 32.5. The number of sulfone groups is 1. The monoisotopic (exact) mass is 636 g/mol. The molecule has 0 aromatic heterocycles. The molecule has 0 fully saturated rings. The lowest BCUT2D eigenvalue weighted by atomic mass is 9.94. The van der Waals surface area contributed by atoms with Crippen molar-refractivity contribution >= 4 is 33.2 Å². The number of benzene rings is 4. The van der Waals surface area contributed by atoms with Crippen LogP contribution in [-0.2, 0) is 21.2 Å². The number of aliphatic carboxylic acids is 1. The minimum Gasteiger partial charge on any atom is -0.492 e. The van der Waals surface area contributed by atoms with Crippen LogP contribution in [0, 0.1) is 25.5 Å². The maximum atomic E-state index is 14.4. The number of aryl methyl sites for hydroxylation is 2. The van der Waals surface area contributed by atoms with E-state index in [1.54, 1.807) is 24.3 Å². The quantitative estimate of drug-likeness (QED) is 0.184. The molecule has 0 aliphatic carbocycles. The number of hydrogen-bond acceptors (Lipinski definition) is 6. The molecule has 12 heteroatoms. The minimum absolute atomic E-state index is 0.00635. The topological polar surface area (TPSA) is 131 Å². The molecule has 0 radical (unpaired) electrons. The van der Waals surface area contributed by atoms with Crippen molar-refractivity contribution in [3.63, 3.8) is 0 Å². The Kier molecular flexibility index (Phi) is 8.78. The summed E-state index contributed by atoms with van der Waals surface area (Å²) in [5.74, 6) is -2.26. The molecule has 5 rings (SSSR count). The molecular formula is C33H30F2N2O7S. The van der Waals surface area contributed by atoms with Crippen LogP contribution in [0.15, 0.2) is 71.6 Å². The Morgan fingerprint density at radius 2 is 1.67 bits per heavy atom. The summed E-state index contributed by atoms with van der Waals surface area (Å²) in [6.07, 6.45) is 0.832. The van der Waals surface area contributed by atoms with Gasteiger partial charge in [0.25, 0.3) is 0 Å². The molecular weight excluding hydrogens is 606 g/mol. The van der Waals surface area contributed by atoms with Crippen LogP contribution in [0.3, 0.4) is 0 Å². The van der Waals surface area contributed by atoms with E-state index in [0.717, 1.165) is 39.6 Å². The third-order valence-corrected chi connectivity index (χ3v) is 8.47. The van der Waals surface area contributed by atoms with Crippen LogP contribution in [0.1, 0.15) is 34.6 Å². The molecule has 1 aliphatic heterocycles. The Labute approximate surface area is 258 Å². The smallest absolute Gasteiger partial charge is 0.323 e. The van der Waals surface area contributed by atoms with Crippen LogP contribution in [-0.4, -0.2) is 38.4 Å². The molecule has 1 atom stereocenters. The number of fused-ring (bicyclic) bond motifs is 1. The van der Waals surface area contributed by atoms with Crippen LogP contribution >= 0.6 is 0 Å². The number of nitrogens with one attached hydrogen (secondary N) is 2. The number of carbonyl (C=O) groups is 2. The van der Waals surface area contributed by atoms with E-state index >= 15 is 0 Å². The van der Waals surface area contributed by atoms with Crippen molar-refractivity contribution in [2.75, 3.05) is 23.5 Å². The second kappa shape index (κ2) is 12.6. The molecule has 0 spiro atoms. The molecule has 1 heterocycles. The van der Waals surface area contributed by atoms with Crippen LogP contribution in [0.25, 0.3) is 11.1 Å². The lowest BCUT2D eigenvalue weighted by Gasteiger charge is -2.16. The maximum absolute atomic E-state index is 14.4. The fourth-order valence-corrected chi connectivity index (χ4v) is 6.00. The molecule has 3 N–H and O–H groups in total. The van der Waals surface area contributed by atoms with Gasteiger partial charge in [-0.3, -0.25) is 4.79 Å². The highest BCUT2D eigenvalue weighted by atomic mass is 32.2. The highest BCUT2D eigenvalue weighted by Crippen LogP contribution is 2.38. The third kappa shape index (κ3) is 7.23. The van der Waals surface area contributed by atoms with Gasteiger partial charge >= 0.3 is 12.0 Å².